The molecule has 0 saturated carbocycles. The van der Waals surface area contributed by atoms with Crippen molar-refractivity contribution in [2.24, 2.45) is 5.73 Å². The summed E-state index contributed by atoms with van der Waals surface area (Å²) in [6.07, 6.45) is 0. The molecule has 0 aliphatic heterocycles. The number of carbonyl (C=O) groups excluding carboxylic acids is 2. The first-order valence-corrected chi connectivity index (χ1v) is 8.34. The molecule has 2 aromatic carbocycles. The maximum absolute atomic E-state index is 12.1. The van der Waals surface area contributed by atoms with Crippen molar-refractivity contribution in [3.8, 4) is 11.5 Å². The van der Waals surface area contributed by atoms with E-state index in [4.69, 9.17) is 15.2 Å². The molecule has 0 aromatic heterocycles. The molecule has 0 fully saturated rings. The van der Waals surface area contributed by atoms with Gasteiger partial charge in [0.05, 0.1) is 13.2 Å². The van der Waals surface area contributed by atoms with Gasteiger partial charge in [0, 0.05) is 12.1 Å². The van der Waals surface area contributed by atoms with Gasteiger partial charge >= 0.3 is 6.03 Å². The molecular formula is C19H23N3O4. The van der Waals surface area contributed by atoms with Crippen LogP contribution in [-0.2, 0) is 6.54 Å². The van der Waals surface area contributed by atoms with Crippen LogP contribution in [0.1, 0.15) is 22.8 Å². The second-order valence-corrected chi connectivity index (χ2v) is 5.42. The zero-order valence-electron chi connectivity index (χ0n) is 14.7. The van der Waals surface area contributed by atoms with E-state index >= 15 is 0 Å². The Bertz CT molecular complexity index is 715. The fourth-order valence-electron chi connectivity index (χ4n) is 2.20. The predicted octanol–water partition coefficient (Wildman–Crippen LogP) is 2.06. The lowest BCUT2D eigenvalue weighted by atomic mass is 10.1. The lowest BCUT2D eigenvalue weighted by Gasteiger charge is -2.09. The summed E-state index contributed by atoms with van der Waals surface area (Å²) in [6, 6.07) is 13.7. The Labute approximate surface area is 152 Å². The van der Waals surface area contributed by atoms with Gasteiger partial charge < -0.3 is 25.8 Å². The quantitative estimate of drug-likeness (QED) is 0.598. The van der Waals surface area contributed by atoms with E-state index in [9.17, 15) is 9.59 Å². The number of primary amides is 1. The third-order valence-corrected chi connectivity index (χ3v) is 3.47. The summed E-state index contributed by atoms with van der Waals surface area (Å²) in [5, 5.41) is 5.28. The first-order valence-electron chi connectivity index (χ1n) is 8.34. The van der Waals surface area contributed by atoms with Gasteiger partial charge in [0.2, 0.25) is 0 Å². The number of ether oxygens (including phenoxy) is 2. The lowest BCUT2D eigenvalue weighted by Crippen LogP contribution is -2.29. The van der Waals surface area contributed by atoms with Crippen molar-refractivity contribution >= 4 is 11.9 Å². The maximum Gasteiger partial charge on any atom is 0.312 e. The van der Waals surface area contributed by atoms with Crippen molar-refractivity contribution in [1.82, 2.24) is 10.6 Å². The first-order chi connectivity index (χ1) is 12.6. The molecule has 0 radical (unpaired) electrons. The monoisotopic (exact) mass is 357 g/mol. The molecule has 138 valence electrons. The predicted molar refractivity (Wildman–Crippen MR) is 98.3 cm³/mol. The molecule has 26 heavy (non-hydrogen) atoms. The summed E-state index contributed by atoms with van der Waals surface area (Å²) in [4.78, 5) is 22.7. The average Bonchev–Trinajstić information content (AvgIpc) is 2.65. The highest BCUT2D eigenvalue weighted by Gasteiger charge is 2.05. The van der Waals surface area contributed by atoms with E-state index in [0.29, 0.717) is 37.6 Å². The Balaban J connectivity index is 1.71. The Morgan fingerprint density at radius 2 is 1.54 bits per heavy atom. The third-order valence-electron chi connectivity index (χ3n) is 3.47. The second-order valence-electron chi connectivity index (χ2n) is 5.42. The van der Waals surface area contributed by atoms with Gasteiger partial charge in [0.25, 0.3) is 5.91 Å². The molecular weight excluding hydrogens is 334 g/mol. The van der Waals surface area contributed by atoms with E-state index in [-0.39, 0.29) is 5.91 Å². The van der Waals surface area contributed by atoms with Gasteiger partial charge in [-0.3, -0.25) is 4.79 Å². The molecule has 4 N–H and O–H groups in total. The van der Waals surface area contributed by atoms with Gasteiger partial charge in [-0.2, -0.15) is 0 Å². The van der Waals surface area contributed by atoms with Crippen LogP contribution in [0.4, 0.5) is 4.79 Å². The van der Waals surface area contributed by atoms with Gasteiger partial charge in [-0.05, 0) is 48.9 Å². The number of nitrogens with two attached hydrogens (primary N) is 1. The van der Waals surface area contributed by atoms with E-state index in [2.05, 4.69) is 10.6 Å². The molecule has 7 heteroatoms. The molecule has 0 aliphatic rings. The Morgan fingerprint density at radius 1 is 0.923 bits per heavy atom. The van der Waals surface area contributed by atoms with Crippen LogP contribution in [0.3, 0.4) is 0 Å². The minimum absolute atomic E-state index is 0.185. The van der Waals surface area contributed by atoms with Crippen LogP contribution in [0.25, 0.3) is 0 Å². The third kappa shape index (κ3) is 6.35. The van der Waals surface area contributed by atoms with Crippen LogP contribution in [0.5, 0.6) is 11.5 Å². The highest BCUT2D eigenvalue weighted by molar-refractivity contribution is 5.94. The number of hydrogen-bond donors (Lipinski definition) is 3. The normalized spacial score (nSPS) is 10.0. The molecule has 0 aliphatic carbocycles. The number of nitrogens with one attached hydrogen (secondary N) is 2. The van der Waals surface area contributed by atoms with E-state index < -0.39 is 6.03 Å². The fraction of sp³-hybridized carbons (Fsp3) is 0.263. The molecule has 3 amide bonds. The molecule has 0 spiro atoms. The smallest absolute Gasteiger partial charge is 0.312 e. The second kappa shape index (κ2) is 9.93. The van der Waals surface area contributed by atoms with Crippen molar-refractivity contribution < 1.29 is 19.1 Å². The van der Waals surface area contributed by atoms with Gasteiger partial charge in [-0.25, -0.2) is 4.79 Å². The first kappa shape index (κ1) is 19.1. The van der Waals surface area contributed by atoms with E-state index in [1.807, 2.05) is 31.2 Å². The molecule has 0 atom stereocenters. The number of hydrogen-bond acceptors (Lipinski definition) is 4. The van der Waals surface area contributed by atoms with E-state index in [1.54, 1.807) is 24.3 Å². The van der Waals surface area contributed by atoms with Gasteiger partial charge in [0.15, 0.2) is 0 Å². The van der Waals surface area contributed by atoms with Crippen molar-refractivity contribution in [3.05, 3.63) is 59.7 Å². The van der Waals surface area contributed by atoms with Crippen LogP contribution >= 0.6 is 0 Å². The van der Waals surface area contributed by atoms with Crippen molar-refractivity contribution in [1.29, 1.82) is 0 Å². The molecule has 2 aromatic rings. The lowest BCUT2D eigenvalue weighted by molar-refractivity contribution is 0.0947. The standard InChI is InChI=1S/C19H23N3O4/c1-2-25-16-7-9-17(10-8-16)26-12-11-21-18(23)15-5-3-14(4-6-15)13-22-19(20)24/h3-10H,2,11-13H2,1H3,(H,21,23)(H3,20,22,24). The SMILES string of the molecule is CCOc1ccc(OCCNC(=O)c2ccc(CNC(N)=O)cc2)cc1. The summed E-state index contributed by atoms with van der Waals surface area (Å²) in [5.41, 5.74) is 6.41. The highest BCUT2D eigenvalue weighted by Crippen LogP contribution is 2.17. The summed E-state index contributed by atoms with van der Waals surface area (Å²) in [7, 11) is 0. The Morgan fingerprint density at radius 3 is 2.12 bits per heavy atom. The largest absolute Gasteiger partial charge is 0.494 e. The molecule has 0 bridgehead atoms. The van der Waals surface area contributed by atoms with Gasteiger partial charge in [-0.15, -0.1) is 0 Å². The molecule has 0 saturated heterocycles. The van der Waals surface area contributed by atoms with Gasteiger partial charge in [-0.1, -0.05) is 12.1 Å². The molecule has 2 rings (SSSR count). The molecule has 7 nitrogen and oxygen atoms in total. The van der Waals surface area contributed by atoms with Crippen molar-refractivity contribution in [2.75, 3.05) is 19.8 Å². The Kier molecular flexibility index (Phi) is 7.30. The van der Waals surface area contributed by atoms with Gasteiger partial charge in [0.1, 0.15) is 18.1 Å². The van der Waals surface area contributed by atoms with Crippen molar-refractivity contribution in [3.63, 3.8) is 0 Å². The molecule has 0 heterocycles. The number of rotatable bonds is 9. The van der Waals surface area contributed by atoms with Crippen LogP contribution in [-0.4, -0.2) is 31.7 Å². The summed E-state index contributed by atoms with van der Waals surface area (Å²) >= 11 is 0. The maximum atomic E-state index is 12.1. The fourth-order valence-corrected chi connectivity index (χ4v) is 2.20. The van der Waals surface area contributed by atoms with Crippen LogP contribution in [0.2, 0.25) is 0 Å². The topological polar surface area (TPSA) is 103 Å². The number of urea groups is 1. The number of amides is 3. The van der Waals surface area contributed by atoms with Crippen LogP contribution in [0.15, 0.2) is 48.5 Å². The summed E-state index contributed by atoms with van der Waals surface area (Å²) in [5.74, 6) is 1.33. The highest BCUT2D eigenvalue weighted by atomic mass is 16.5. The summed E-state index contributed by atoms with van der Waals surface area (Å²) < 4.78 is 10.9. The average molecular weight is 357 g/mol. The van der Waals surface area contributed by atoms with E-state index in [1.165, 1.54) is 0 Å². The number of benzene rings is 2. The van der Waals surface area contributed by atoms with Crippen molar-refractivity contribution in [2.45, 2.75) is 13.5 Å². The Hall–Kier alpha value is -3.22. The van der Waals surface area contributed by atoms with Crippen LogP contribution < -0.4 is 25.8 Å². The molecule has 0 unspecified atom stereocenters. The van der Waals surface area contributed by atoms with E-state index in [0.717, 1.165) is 11.3 Å². The minimum Gasteiger partial charge on any atom is -0.494 e. The van der Waals surface area contributed by atoms with Crippen LogP contribution in [0, 0.1) is 0 Å². The summed E-state index contributed by atoms with van der Waals surface area (Å²) in [6.45, 7) is 3.62. The minimum atomic E-state index is -0.584. The zero-order valence-corrected chi connectivity index (χ0v) is 14.7. The number of carbonyl (C=O) groups is 2. The zero-order chi connectivity index (χ0) is 18.8.